The predicted octanol–water partition coefficient (Wildman–Crippen LogP) is 2.21. The molecule has 1 aromatic carbocycles. The second-order valence-electron chi connectivity index (χ2n) is 8.09. The lowest BCUT2D eigenvalue weighted by Crippen LogP contribution is -2.54. The first kappa shape index (κ1) is 23.5. The number of rotatable bonds is 7. The number of carbonyl (C=O) groups is 2. The molecule has 4 rings (SSSR count). The molecule has 3 aromatic rings. The van der Waals surface area contributed by atoms with Crippen molar-refractivity contribution in [3.05, 3.63) is 48.4 Å². The summed E-state index contributed by atoms with van der Waals surface area (Å²) < 4.78 is 12.3. The molecule has 0 spiro atoms. The number of hydrogen-bond donors (Lipinski definition) is 1. The maximum absolute atomic E-state index is 12.5. The van der Waals surface area contributed by atoms with E-state index in [9.17, 15) is 9.59 Å². The third kappa shape index (κ3) is 5.12. The number of aromatic nitrogens is 3. The number of ether oxygens (including phenoxy) is 2. The van der Waals surface area contributed by atoms with E-state index in [1.54, 1.807) is 32.1 Å². The second kappa shape index (κ2) is 10.5. The topological polar surface area (TPSA) is 102 Å². The van der Waals surface area contributed by atoms with E-state index in [1.165, 1.54) is 0 Å². The van der Waals surface area contributed by atoms with Gasteiger partial charge in [0.15, 0.2) is 5.65 Å². The van der Waals surface area contributed by atoms with Gasteiger partial charge in [0.25, 0.3) is 0 Å². The monoisotopic (exact) mass is 466 g/mol. The van der Waals surface area contributed by atoms with Crippen LogP contribution >= 0.6 is 0 Å². The van der Waals surface area contributed by atoms with Crippen molar-refractivity contribution >= 4 is 23.2 Å². The zero-order valence-electron chi connectivity index (χ0n) is 19.7. The van der Waals surface area contributed by atoms with Crippen LogP contribution in [0, 0.1) is 0 Å². The minimum Gasteiger partial charge on any atom is -0.497 e. The fourth-order valence-corrected chi connectivity index (χ4v) is 3.98. The molecule has 1 fully saturated rings. The summed E-state index contributed by atoms with van der Waals surface area (Å²) in [6.07, 6.45) is 1.77. The summed E-state index contributed by atoms with van der Waals surface area (Å²) in [5.41, 5.74) is 2.59. The van der Waals surface area contributed by atoms with Gasteiger partial charge in [-0.25, -0.2) is 19.6 Å². The molecule has 0 radical (unpaired) electrons. The van der Waals surface area contributed by atoms with E-state index >= 15 is 0 Å². The van der Waals surface area contributed by atoms with Crippen LogP contribution in [0.5, 0.6) is 5.75 Å². The average Bonchev–Trinajstić information content (AvgIpc) is 3.22. The first-order valence-electron chi connectivity index (χ1n) is 11.4. The molecule has 1 atom stereocenters. The van der Waals surface area contributed by atoms with E-state index in [0.717, 1.165) is 28.4 Å². The van der Waals surface area contributed by atoms with Crippen LogP contribution in [0.3, 0.4) is 0 Å². The molecule has 1 saturated heterocycles. The normalized spacial score (nSPS) is 15.2. The molecule has 1 unspecified atom stereocenters. The number of piperazine rings is 1. The minimum absolute atomic E-state index is 0.255. The SMILES string of the molecule is CCOC(=O)C(C)NC(=O)N1CCN(Cc2nc3cccnc3n2-c2ccc(OC)cc2)CC1. The molecule has 34 heavy (non-hydrogen) atoms. The molecular formula is C24H30N6O4. The van der Waals surface area contributed by atoms with Gasteiger partial charge in [-0.3, -0.25) is 9.47 Å². The van der Waals surface area contributed by atoms with Crippen molar-refractivity contribution in [1.29, 1.82) is 0 Å². The molecule has 0 bridgehead atoms. The van der Waals surface area contributed by atoms with Crippen LogP contribution in [0.15, 0.2) is 42.6 Å². The van der Waals surface area contributed by atoms with E-state index in [4.69, 9.17) is 14.5 Å². The van der Waals surface area contributed by atoms with Crippen LogP contribution in [0.25, 0.3) is 16.9 Å². The smallest absolute Gasteiger partial charge is 0.328 e. The van der Waals surface area contributed by atoms with Crippen molar-refractivity contribution in [3.63, 3.8) is 0 Å². The molecule has 10 heteroatoms. The lowest BCUT2D eigenvalue weighted by Gasteiger charge is -2.35. The number of fused-ring (bicyclic) bond motifs is 1. The largest absolute Gasteiger partial charge is 0.497 e. The summed E-state index contributed by atoms with van der Waals surface area (Å²) in [6, 6.07) is 10.7. The fraction of sp³-hybridized carbons (Fsp3) is 0.417. The number of benzene rings is 1. The zero-order valence-corrected chi connectivity index (χ0v) is 19.7. The number of amides is 2. The lowest BCUT2D eigenvalue weighted by molar-refractivity contribution is -0.144. The highest BCUT2D eigenvalue weighted by molar-refractivity contribution is 5.83. The highest BCUT2D eigenvalue weighted by Gasteiger charge is 2.25. The number of pyridine rings is 1. The molecular weight excluding hydrogens is 436 g/mol. The Balaban J connectivity index is 1.44. The molecule has 10 nitrogen and oxygen atoms in total. The first-order chi connectivity index (χ1) is 16.5. The predicted molar refractivity (Wildman–Crippen MR) is 127 cm³/mol. The Morgan fingerprint density at radius 3 is 2.53 bits per heavy atom. The number of carbonyl (C=O) groups excluding carboxylic acids is 2. The molecule has 1 N–H and O–H groups in total. The van der Waals surface area contributed by atoms with Crippen molar-refractivity contribution in [1.82, 2.24) is 29.7 Å². The number of nitrogens with zero attached hydrogens (tertiary/aromatic N) is 5. The molecule has 2 aromatic heterocycles. The Kier molecular flexibility index (Phi) is 7.27. The van der Waals surface area contributed by atoms with Gasteiger partial charge in [0.1, 0.15) is 23.1 Å². The van der Waals surface area contributed by atoms with Crippen molar-refractivity contribution < 1.29 is 19.1 Å². The Hall–Kier alpha value is -3.66. The van der Waals surface area contributed by atoms with Gasteiger partial charge >= 0.3 is 12.0 Å². The van der Waals surface area contributed by atoms with E-state index in [-0.39, 0.29) is 12.6 Å². The van der Waals surface area contributed by atoms with Crippen LogP contribution in [0.1, 0.15) is 19.7 Å². The molecule has 180 valence electrons. The van der Waals surface area contributed by atoms with Gasteiger partial charge in [0.2, 0.25) is 0 Å². The van der Waals surface area contributed by atoms with E-state index in [2.05, 4.69) is 19.8 Å². The summed E-state index contributed by atoms with van der Waals surface area (Å²) in [5.74, 6) is 1.24. The fourth-order valence-electron chi connectivity index (χ4n) is 3.98. The molecule has 0 saturated carbocycles. The Labute approximate surface area is 198 Å². The van der Waals surface area contributed by atoms with Crippen molar-refractivity contribution in [2.24, 2.45) is 0 Å². The van der Waals surface area contributed by atoms with Gasteiger partial charge in [0.05, 0.1) is 20.3 Å². The standard InChI is InChI=1S/C24H30N6O4/c1-4-34-23(31)17(2)26-24(32)29-14-12-28(13-15-29)16-21-27-20-6-5-11-25-22(20)30(21)18-7-9-19(33-3)10-8-18/h5-11,17H,4,12-16H2,1-3H3,(H,26,32). The van der Waals surface area contributed by atoms with Crippen LogP contribution in [0.4, 0.5) is 4.79 Å². The summed E-state index contributed by atoms with van der Waals surface area (Å²) in [6.45, 7) is 6.78. The maximum Gasteiger partial charge on any atom is 0.328 e. The van der Waals surface area contributed by atoms with Crippen LogP contribution < -0.4 is 10.1 Å². The second-order valence-corrected chi connectivity index (χ2v) is 8.09. The van der Waals surface area contributed by atoms with Crippen LogP contribution in [-0.4, -0.2) is 82.3 Å². The lowest BCUT2D eigenvalue weighted by atomic mass is 10.3. The van der Waals surface area contributed by atoms with E-state index in [1.807, 2.05) is 36.4 Å². The molecule has 2 amide bonds. The Bertz CT molecular complexity index is 1140. The van der Waals surface area contributed by atoms with Gasteiger partial charge in [-0.05, 0) is 50.2 Å². The van der Waals surface area contributed by atoms with Gasteiger partial charge in [-0.1, -0.05) is 0 Å². The van der Waals surface area contributed by atoms with Crippen molar-refractivity contribution in [2.75, 3.05) is 39.9 Å². The maximum atomic E-state index is 12.5. The third-order valence-electron chi connectivity index (χ3n) is 5.82. The van der Waals surface area contributed by atoms with Gasteiger partial charge in [0, 0.05) is 38.1 Å². The first-order valence-corrected chi connectivity index (χ1v) is 11.4. The van der Waals surface area contributed by atoms with Gasteiger partial charge < -0.3 is 19.7 Å². The van der Waals surface area contributed by atoms with Crippen molar-refractivity contribution in [2.45, 2.75) is 26.4 Å². The number of imidazole rings is 1. The molecule has 0 aliphatic carbocycles. The van der Waals surface area contributed by atoms with Crippen LogP contribution in [-0.2, 0) is 16.1 Å². The molecule has 1 aliphatic rings. The van der Waals surface area contributed by atoms with Crippen LogP contribution in [0.2, 0.25) is 0 Å². The Morgan fingerprint density at radius 1 is 1.12 bits per heavy atom. The van der Waals surface area contributed by atoms with E-state index in [0.29, 0.717) is 32.7 Å². The summed E-state index contributed by atoms with van der Waals surface area (Å²) >= 11 is 0. The zero-order chi connectivity index (χ0) is 24.1. The number of nitrogens with one attached hydrogen (secondary N) is 1. The van der Waals surface area contributed by atoms with Gasteiger partial charge in [-0.15, -0.1) is 0 Å². The minimum atomic E-state index is -0.678. The van der Waals surface area contributed by atoms with Crippen molar-refractivity contribution in [3.8, 4) is 11.4 Å². The van der Waals surface area contributed by atoms with Gasteiger partial charge in [-0.2, -0.15) is 0 Å². The molecule has 1 aliphatic heterocycles. The Morgan fingerprint density at radius 2 is 1.85 bits per heavy atom. The number of esters is 1. The number of methoxy groups -OCH3 is 1. The molecule has 3 heterocycles. The average molecular weight is 467 g/mol. The highest BCUT2D eigenvalue weighted by atomic mass is 16.5. The summed E-state index contributed by atoms with van der Waals surface area (Å²) in [5, 5.41) is 2.72. The number of hydrogen-bond acceptors (Lipinski definition) is 7. The van der Waals surface area contributed by atoms with E-state index < -0.39 is 12.0 Å². The highest BCUT2D eigenvalue weighted by Crippen LogP contribution is 2.23. The summed E-state index contributed by atoms with van der Waals surface area (Å²) in [7, 11) is 1.64. The quantitative estimate of drug-likeness (QED) is 0.533. The summed E-state index contributed by atoms with van der Waals surface area (Å²) in [4.78, 5) is 37.7. The number of urea groups is 1. The third-order valence-corrected chi connectivity index (χ3v) is 5.82.